The van der Waals surface area contributed by atoms with E-state index < -0.39 is 0 Å². The van der Waals surface area contributed by atoms with Crippen molar-refractivity contribution in [1.82, 2.24) is 4.90 Å². The Labute approximate surface area is 112 Å². The Morgan fingerprint density at radius 1 is 1.44 bits per heavy atom. The van der Waals surface area contributed by atoms with Crippen molar-refractivity contribution >= 4 is 23.2 Å². The van der Waals surface area contributed by atoms with E-state index >= 15 is 0 Å². The Kier molecular flexibility index (Phi) is 4.44. The van der Waals surface area contributed by atoms with E-state index in [4.69, 9.17) is 16.3 Å². The van der Waals surface area contributed by atoms with Crippen molar-refractivity contribution in [3.63, 3.8) is 0 Å². The molecule has 2 rings (SSSR count). The third kappa shape index (κ3) is 3.37. The number of carbonyl (C=O) groups is 1. The highest BCUT2D eigenvalue weighted by Crippen LogP contribution is 2.22. The van der Waals surface area contributed by atoms with Gasteiger partial charge < -0.3 is 15.0 Å². The maximum Gasteiger partial charge on any atom is 0.242 e. The first-order valence-electron chi connectivity index (χ1n) is 6.02. The average Bonchev–Trinajstić information content (AvgIpc) is 2.40. The van der Waals surface area contributed by atoms with E-state index in [-0.39, 0.29) is 12.5 Å². The molecule has 1 aromatic rings. The number of benzene rings is 1. The summed E-state index contributed by atoms with van der Waals surface area (Å²) in [7, 11) is 0. The molecule has 0 saturated carbocycles. The third-order valence-corrected chi connectivity index (χ3v) is 3.25. The fourth-order valence-electron chi connectivity index (χ4n) is 1.87. The number of hydrogen-bond donors (Lipinski definition) is 1. The molecule has 0 bridgehead atoms. The number of anilines is 1. The molecule has 1 fully saturated rings. The second-order valence-electron chi connectivity index (χ2n) is 4.33. The van der Waals surface area contributed by atoms with Crippen LogP contribution in [-0.2, 0) is 9.53 Å². The fraction of sp³-hybridized carbons (Fsp3) is 0.462. The lowest BCUT2D eigenvalue weighted by Gasteiger charge is -2.27. The molecule has 0 atom stereocenters. The Morgan fingerprint density at radius 3 is 2.89 bits per heavy atom. The highest BCUT2D eigenvalue weighted by Gasteiger charge is 2.16. The molecule has 1 aliphatic heterocycles. The van der Waals surface area contributed by atoms with Crippen LogP contribution in [0.15, 0.2) is 18.2 Å². The van der Waals surface area contributed by atoms with Gasteiger partial charge in [-0.2, -0.15) is 0 Å². The van der Waals surface area contributed by atoms with Crippen LogP contribution in [-0.4, -0.2) is 43.7 Å². The van der Waals surface area contributed by atoms with Crippen LogP contribution >= 0.6 is 11.6 Å². The molecule has 98 valence electrons. The third-order valence-electron chi connectivity index (χ3n) is 2.92. The summed E-state index contributed by atoms with van der Waals surface area (Å²) in [6.45, 7) is 4.84. The lowest BCUT2D eigenvalue weighted by molar-refractivity contribution is -0.133. The second kappa shape index (κ2) is 6.07. The SMILES string of the molecule is Cc1ccc(Cl)c(NCC(=O)N2CCOCC2)c1. The Bertz CT molecular complexity index is 431. The molecule has 18 heavy (non-hydrogen) atoms. The van der Waals surface area contributed by atoms with Crippen molar-refractivity contribution in [2.24, 2.45) is 0 Å². The van der Waals surface area contributed by atoms with Crippen molar-refractivity contribution < 1.29 is 9.53 Å². The molecule has 0 unspecified atom stereocenters. The summed E-state index contributed by atoms with van der Waals surface area (Å²) in [5.74, 6) is 0.0795. The molecule has 0 aliphatic carbocycles. The van der Waals surface area contributed by atoms with E-state index in [1.165, 1.54) is 0 Å². The topological polar surface area (TPSA) is 41.6 Å². The summed E-state index contributed by atoms with van der Waals surface area (Å²) >= 11 is 6.06. The maximum atomic E-state index is 11.9. The minimum atomic E-state index is 0.0795. The molecule has 1 heterocycles. The molecule has 1 saturated heterocycles. The summed E-state index contributed by atoms with van der Waals surface area (Å²) in [4.78, 5) is 13.7. The van der Waals surface area contributed by atoms with Crippen LogP contribution in [0.5, 0.6) is 0 Å². The number of nitrogens with zero attached hydrogens (tertiary/aromatic N) is 1. The minimum Gasteiger partial charge on any atom is -0.378 e. The Hall–Kier alpha value is -1.26. The van der Waals surface area contributed by atoms with Crippen molar-refractivity contribution in [2.45, 2.75) is 6.92 Å². The van der Waals surface area contributed by atoms with E-state index in [9.17, 15) is 4.79 Å². The second-order valence-corrected chi connectivity index (χ2v) is 4.74. The van der Waals surface area contributed by atoms with E-state index in [0.717, 1.165) is 11.3 Å². The number of halogens is 1. The number of amides is 1. The van der Waals surface area contributed by atoms with Gasteiger partial charge in [-0.15, -0.1) is 0 Å². The summed E-state index contributed by atoms with van der Waals surface area (Å²) in [5, 5.41) is 3.72. The van der Waals surface area contributed by atoms with E-state index in [2.05, 4.69) is 5.32 Å². The van der Waals surface area contributed by atoms with Crippen LogP contribution in [0, 0.1) is 6.92 Å². The molecule has 1 aromatic carbocycles. The van der Waals surface area contributed by atoms with Gasteiger partial charge in [0.25, 0.3) is 0 Å². The fourth-order valence-corrected chi connectivity index (χ4v) is 2.05. The molecule has 1 N–H and O–H groups in total. The number of ether oxygens (including phenoxy) is 1. The molecule has 4 nitrogen and oxygen atoms in total. The van der Waals surface area contributed by atoms with Gasteiger partial charge in [0, 0.05) is 13.1 Å². The first-order chi connectivity index (χ1) is 8.66. The quantitative estimate of drug-likeness (QED) is 0.911. The van der Waals surface area contributed by atoms with Crippen LogP contribution in [0.2, 0.25) is 5.02 Å². The highest BCUT2D eigenvalue weighted by molar-refractivity contribution is 6.33. The molecular weight excluding hydrogens is 252 g/mol. The smallest absolute Gasteiger partial charge is 0.242 e. The normalized spacial score (nSPS) is 15.6. The van der Waals surface area contributed by atoms with Gasteiger partial charge in [0.2, 0.25) is 5.91 Å². The number of hydrogen-bond acceptors (Lipinski definition) is 3. The monoisotopic (exact) mass is 268 g/mol. The van der Waals surface area contributed by atoms with Gasteiger partial charge in [-0.05, 0) is 24.6 Å². The highest BCUT2D eigenvalue weighted by atomic mass is 35.5. The molecule has 5 heteroatoms. The minimum absolute atomic E-state index is 0.0795. The predicted octanol–water partition coefficient (Wildman–Crippen LogP) is 1.92. The first-order valence-corrected chi connectivity index (χ1v) is 6.40. The molecule has 1 amide bonds. The van der Waals surface area contributed by atoms with E-state index in [1.54, 1.807) is 4.90 Å². The lowest BCUT2D eigenvalue weighted by Crippen LogP contribution is -2.43. The molecular formula is C13H17ClN2O2. The maximum absolute atomic E-state index is 11.9. The molecule has 0 spiro atoms. The van der Waals surface area contributed by atoms with Gasteiger partial charge in [0.1, 0.15) is 0 Å². The largest absolute Gasteiger partial charge is 0.378 e. The first kappa shape index (κ1) is 13.2. The van der Waals surface area contributed by atoms with Gasteiger partial charge >= 0.3 is 0 Å². The van der Waals surface area contributed by atoms with Crippen molar-refractivity contribution in [2.75, 3.05) is 38.2 Å². The van der Waals surface area contributed by atoms with E-state index in [0.29, 0.717) is 31.3 Å². The summed E-state index contributed by atoms with van der Waals surface area (Å²) in [6.07, 6.45) is 0. The van der Waals surface area contributed by atoms with Gasteiger partial charge in [-0.1, -0.05) is 17.7 Å². The molecule has 0 radical (unpaired) electrons. The standard InChI is InChI=1S/C13H17ClN2O2/c1-10-2-3-11(14)12(8-10)15-9-13(17)16-4-6-18-7-5-16/h2-3,8,15H,4-7,9H2,1H3. The zero-order valence-electron chi connectivity index (χ0n) is 10.4. The zero-order chi connectivity index (χ0) is 13.0. The van der Waals surface area contributed by atoms with Gasteiger partial charge in [0.05, 0.1) is 30.5 Å². The van der Waals surface area contributed by atoms with Crippen LogP contribution in [0.4, 0.5) is 5.69 Å². The predicted molar refractivity (Wildman–Crippen MR) is 72.1 cm³/mol. The number of nitrogens with one attached hydrogen (secondary N) is 1. The van der Waals surface area contributed by atoms with Gasteiger partial charge in [0.15, 0.2) is 0 Å². The van der Waals surface area contributed by atoms with Gasteiger partial charge in [-0.3, -0.25) is 4.79 Å². The van der Waals surface area contributed by atoms with Crippen molar-refractivity contribution in [3.8, 4) is 0 Å². The van der Waals surface area contributed by atoms with Crippen molar-refractivity contribution in [1.29, 1.82) is 0 Å². The number of carbonyl (C=O) groups excluding carboxylic acids is 1. The molecule has 0 aromatic heterocycles. The molecule has 1 aliphatic rings. The Morgan fingerprint density at radius 2 is 2.17 bits per heavy atom. The van der Waals surface area contributed by atoms with E-state index in [1.807, 2.05) is 25.1 Å². The van der Waals surface area contributed by atoms with Crippen LogP contribution in [0.1, 0.15) is 5.56 Å². The lowest BCUT2D eigenvalue weighted by atomic mass is 10.2. The average molecular weight is 269 g/mol. The van der Waals surface area contributed by atoms with Crippen LogP contribution in [0.25, 0.3) is 0 Å². The number of rotatable bonds is 3. The summed E-state index contributed by atoms with van der Waals surface area (Å²) in [5.41, 5.74) is 1.92. The van der Waals surface area contributed by atoms with Crippen LogP contribution < -0.4 is 5.32 Å². The summed E-state index contributed by atoms with van der Waals surface area (Å²) < 4.78 is 5.21. The van der Waals surface area contributed by atoms with Crippen molar-refractivity contribution in [3.05, 3.63) is 28.8 Å². The number of morpholine rings is 1. The van der Waals surface area contributed by atoms with Gasteiger partial charge in [-0.25, -0.2) is 0 Å². The summed E-state index contributed by atoms with van der Waals surface area (Å²) in [6, 6.07) is 5.71. The Balaban J connectivity index is 1.90. The number of aryl methyl sites for hydroxylation is 1. The zero-order valence-corrected chi connectivity index (χ0v) is 11.2. The van der Waals surface area contributed by atoms with Crippen LogP contribution in [0.3, 0.4) is 0 Å².